The molecule has 0 radical (unpaired) electrons. The van der Waals surface area contributed by atoms with Crippen molar-refractivity contribution in [1.82, 2.24) is 10.6 Å². The molecule has 0 saturated carbocycles. The molecule has 10 heteroatoms. The van der Waals surface area contributed by atoms with Crippen molar-refractivity contribution in [2.75, 3.05) is 13.2 Å². The van der Waals surface area contributed by atoms with Gasteiger partial charge in [0.25, 0.3) is 0 Å². The Kier molecular flexibility index (Phi) is 7.18. The van der Waals surface area contributed by atoms with E-state index >= 15 is 0 Å². The Morgan fingerprint density at radius 3 is 2.03 bits per heavy atom. The Hall–Kier alpha value is -3.56. The van der Waals surface area contributed by atoms with Gasteiger partial charge in [-0.2, -0.15) is 13.2 Å². The Bertz CT molecular complexity index is 1040. The van der Waals surface area contributed by atoms with Crippen LogP contribution in [0.25, 0.3) is 11.1 Å². The Balaban J connectivity index is 1.54. The predicted molar refractivity (Wildman–Crippen MR) is 117 cm³/mol. The van der Waals surface area contributed by atoms with E-state index in [1.807, 2.05) is 53.8 Å². The largest absolute Gasteiger partial charge is 0.481 e. The zero-order valence-corrected chi connectivity index (χ0v) is 18.6. The van der Waals surface area contributed by atoms with Gasteiger partial charge < -0.3 is 20.5 Å². The van der Waals surface area contributed by atoms with Gasteiger partial charge in [-0.15, -0.1) is 0 Å². The number of aliphatic carboxylic acids is 1. The quantitative estimate of drug-likeness (QED) is 0.531. The van der Waals surface area contributed by atoms with Crippen LogP contribution >= 0.6 is 0 Å². The molecule has 0 aliphatic heterocycles. The molecule has 0 aromatic heterocycles. The number of nitrogens with one attached hydrogen (secondary N) is 2. The topological polar surface area (TPSA) is 105 Å². The number of carboxylic acid groups (broad SMARTS) is 1. The molecule has 0 heterocycles. The third-order valence-corrected chi connectivity index (χ3v) is 5.58. The van der Waals surface area contributed by atoms with Crippen molar-refractivity contribution >= 4 is 18.0 Å². The molecule has 3 rings (SSSR count). The number of hydrogen-bond acceptors (Lipinski definition) is 4. The van der Waals surface area contributed by atoms with Crippen molar-refractivity contribution in [3.63, 3.8) is 0 Å². The fourth-order valence-corrected chi connectivity index (χ4v) is 3.98. The summed E-state index contributed by atoms with van der Waals surface area (Å²) in [5, 5.41) is 13.2. The molecule has 0 saturated heterocycles. The van der Waals surface area contributed by atoms with E-state index in [9.17, 15) is 27.6 Å². The zero-order valence-electron chi connectivity index (χ0n) is 18.6. The second-order valence-electron chi connectivity index (χ2n) is 8.75. The lowest BCUT2D eigenvalue weighted by Crippen LogP contribution is -2.48. The first-order chi connectivity index (χ1) is 15.9. The lowest BCUT2D eigenvalue weighted by atomic mass is 9.98. The average Bonchev–Trinajstić information content (AvgIpc) is 3.04. The maximum Gasteiger partial charge on any atom is 0.407 e. The highest BCUT2D eigenvalue weighted by atomic mass is 19.4. The number of carbonyl (C=O) groups is 3. The number of amides is 2. The Morgan fingerprint density at radius 2 is 1.53 bits per heavy atom. The number of halogens is 3. The minimum atomic E-state index is -4.99. The van der Waals surface area contributed by atoms with E-state index < -0.39 is 42.1 Å². The average molecular weight is 478 g/mol. The van der Waals surface area contributed by atoms with Crippen LogP contribution in [0.1, 0.15) is 37.3 Å². The van der Waals surface area contributed by atoms with Crippen molar-refractivity contribution in [2.45, 2.75) is 37.9 Å². The lowest BCUT2D eigenvalue weighted by molar-refractivity contribution is -0.192. The van der Waals surface area contributed by atoms with E-state index in [0.29, 0.717) is 0 Å². The van der Waals surface area contributed by atoms with Gasteiger partial charge in [0.1, 0.15) is 6.61 Å². The van der Waals surface area contributed by atoms with Gasteiger partial charge in [-0.3, -0.25) is 9.59 Å². The predicted octanol–water partition coefficient (Wildman–Crippen LogP) is 4.07. The molecular weight excluding hydrogens is 453 g/mol. The SMILES string of the molecule is CC(C)(CC(=O)NCC(C(=O)O)C(F)(F)F)NC(=O)OCC1c2ccccc2-c2ccccc21. The minimum absolute atomic E-state index is 0.0635. The van der Waals surface area contributed by atoms with Gasteiger partial charge in [-0.25, -0.2) is 4.79 Å². The van der Waals surface area contributed by atoms with Crippen molar-refractivity contribution < 1.29 is 37.4 Å². The molecule has 182 valence electrons. The molecular formula is C24H25F3N2O5. The molecule has 0 spiro atoms. The smallest absolute Gasteiger partial charge is 0.407 e. The zero-order chi connectivity index (χ0) is 25.1. The van der Waals surface area contributed by atoms with Crippen molar-refractivity contribution in [2.24, 2.45) is 5.92 Å². The summed E-state index contributed by atoms with van der Waals surface area (Å²) in [7, 11) is 0. The molecule has 2 amide bonds. The number of fused-ring (bicyclic) bond motifs is 3. The first-order valence-corrected chi connectivity index (χ1v) is 10.6. The van der Waals surface area contributed by atoms with Crippen LogP contribution in [-0.4, -0.2) is 47.9 Å². The number of carbonyl (C=O) groups excluding carboxylic acids is 2. The standard InChI is InChI=1S/C24H25F3N2O5/c1-23(2,11-20(30)28-12-19(21(31)32)24(25,26)27)29-22(33)34-13-18-16-9-5-3-7-14(16)15-8-4-6-10-17(15)18/h3-10,18-19H,11-13H2,1-2H3,(H,28,30)(H,29,33)(H,31,32). The minimum Gasteiger partial charge on any atom is -0.481 e. The first kappa shape index (κ1) is 25.1. The highest BCUT2D eigenvalue weighted by Gasteiger charge is 2.45. The van der Waals surface area contributed by atoms with Crippen LogP contribution in [-0.2, 0) is 14.3 Å². The normalized spacial score (nSPS) is 14.0. The van der Waals surface area contributed by atoms with E-state index in [-0.39, 0.29) is 18.9 Å². The van der Waals surface area contributed by atoms with E-state index in [1.54, 1.807) is 0 Å². The number of alkyl halides is 3. The fraction of sp³-hybridized carbons (Fsp3) is 0.375. The van der Waals surface area contributed by atoms with Gasteiger partial charge in [0.2, 0.25) is 5.91 Å². The molecule has 0 fully saturated rings. The van der Waals surface area contributed by atoms with Crippen LogP contribution in [0.4, 0.5) is 18.0 Å². The van der Waals surface area contributed by atoms with Crippen LogP contribution in [0, 0.1) is 5.92 Å². The number of benzene rings is 2. The summed E-state index contributed by atoms with van der Waals surface area (Å²) in [6.45, 7) is 1.98. The lowest BCUT2D eigenvalue weighted by Gasteiger charge is -2.26. The Labute approximate surface area is 194 Å². The number of ether oxygens (including phenoxy) is 1. The number of hydrogen-bond donors (Lipinski definition) is 3. The third kappa shape index (κ3) is 5.86. The molecule has 2 aromatic rings. The molecule has 7 nitrogen and oxygen atoms in total. The first-order valence-electron chi connectivity index (χ1n) is 10.6. The number of alkyl carbamates (subject to hydrolysis) is 1. The number of rotatable bonds is 8. The van der Waals surface area contributed by atoms with Crippen LogP contribution in [0.3, 0.4) is 0 Å². The molecule has 34 heavy (non-hydrogen) atoms. The molecule has 2 aromatic carbocycles. The van der Waals surface area contributed by atoms with Crippen LogP contribution in [0.5, 0.6) is 0 Å². The molecule has 3 N–H and O–H groups in total. The van der Waals surface area contributed by atoms with Crippen molar-refractivity contribution in [1.29, 1.82) is 0 Å². The fourth-order valence-electron chi connectivity index (χ4n) is 3.98. The van der Waals surface area contributed by atoms with Gasteiger partial charge in [0, 0.05) is 24.4 Å². The van der Waals surface area contributed by atoms with Gasteiger partial charge in [0.15, 0.2) is 5.92 Å². The maximum absolute atomic E-state index is 12.7. The van der Waals surface area contributed by atoms with Crippen molar-refractivity contribution in [3.05, 3.63) is 59.7 Å². The van der Waals surface area contributed by atoms with E-state index in [4.69, 9.17) is 9.84 Å². The van der Waals surface area contributed by atoms with Gasteiger partial charge >= 0.3 is 18.2 Å². The molecule has 1 atom stereocenters. The summed E-state index contributed by atoms with van der Waals surface area (Å²) in [5.41, 5.74) is 3.06. The highest BCUT2D eigenvalue weighted by molar-refractivity contribution is 5.80. The van der Waals surface area contributed by atoms with Crippen molar-refractivity contribution in [3.8, 4) is 11.1 Å². The van der Waals surface area contributed by atoms with Gasteiger partial charge in [0.05, 0.1) is 0 Å². The van der Waals surface area contributed by atoms with E-state index in [1.165, 1.54) is 13.8 Å². The monoisotopic (exact) mass is 478 g/mol. The maximum atomic E-state index is 12.7. The van der Waals surface area contributed by atoms with Gasteiger partial charge in [-0.1, -0.05) is 48.5 Å². The third-order valence-electron chi connectivity index (χ3n) is 5.58. The summed E-state index contributed by atoms with van der Waals surface area (Å²) in [5.74, 6) is -5.78. The van der Waals surface area contributed by atoms with Gasteiger partial charge in [-0.05, 0) is 36.1 Å². The second-order valence-corrected chi connectivity index (χ2v) is 8.75. The molecule has 1 aliphatic carbocycles. The van der Waals surface area contributed by atoms with E-state index in [2.05, 4.69) is 5.32 Å². The Morgan fingerprint density at radius 1 is 1.00 bits per heavy atom. The summed E-state index contributed by atoms with van der Waals surface area (Å²) in [4.78, 5) is 35.3. The summed E-state index contributed by atoms with van der Waals surface area (Å²) in [6.07, 6.45) is -6.14. The summed E-state index contributed by atoms with van der Waals surface area (Å²) < 4.78 is 43.6. The van der Waals surface area contributed by atoms with Crippen LogP contribution in [0.15, 0.2) is 48.5 Å². The van der Waals surface area contributed by atoms with E-state index in [0.717, 1.165) is 22.3 Å². The summed E-state index contributed by atoms with van der Waals surface area (Å²) in [6, 6.07) is 15.6. The highest BCUT2D eigenvalue weighted by Crippen LogP contribution is 2.44. The van der Waals surface area contributed by atoms with Crippen LogP contribution < -0.4 is 10.6 Å². The molecule has 1 aliphatic rings. The second kappa shape index (κ2) is 9.74. The summed E-state index contributed by atoms with van der Waals surface area (Å²) >= 11 is 0. The molecule has 1 unspecified atom stereocenters. The molecule has 0 bridgehead atoms. The number of carboxylic acids is 1. The van der Waals surface area contributed by atoms with Crippen LogP contribution in [0.2, 0.25) is 0 Å².